The SMILES string of the molecule is O=C(COc1cc(Cl)c(Cl)cc1Cl)Nc1ccccc1C(=O)N1CCOCC1. The standard InChI is InChI=1S/C19H17Cl3N2O4/c20-13-9-15(22)17(10-14(13)21)28-11-18(25)23-16-4-2-1-3-12(16)19(26)24-5-7-27-8-6-24/h1-4,9-10H,5-8,11H2,(H,23,25). The molecule has 28 heavy (non-hydrogen) atoms. The summed E-state index contributed by atoms with van der Waals surface area (Å²) < 4.78 is 10.7. The van der Waals surface area contributed by atoms with Gasteiger partial charge in [0.05, 0.1) is 39.5 Å². The molecule has 1 heterocycles. The van der Waals surface area contributed by atoms with Crippen molar-refractivity contribution in [1.29, 1.82) is 0 Å². The molecule has 1 aliphatic heterocycles. The van der Waals surface area contributed by atoms with E-state index in [1.54, 1.807) is 29.2 Å². The molecule has 1 aliphatic rings. The summed E-state index contributed by atoms with van der Waals surface area (Å²) in [4.78, 5) is 26.8. The Hall–Kier alpha value is -1.99. The molecule has 0 radical (unpaired) electrons. The van der Waals surface area contributed by atoms with E-state index in [4.69, 9.17) is 44.3 Å². The maximum Gasteiger partial charge on any atom is 0.262 e. The average Bonchev–Trinajstić information content (AvgIpc) is 2.70. The number of hydrogen-bond donors (Lipinski definition) is 1. The Balaban J connectivity index is 1.66. The maximum atomic E-state index is 12.7. The predicted octanol–water partition coefficient (Wildman–Crippen LogP) is 4.14. The van der Waals surface area contributed by atoms with Crippen LogP contribution >= 0.6 is 34.8 Å². The van der Waals surface area contributed by atoms with Gasteiger partial charge in [-0.1, -0.05) is 46.9 Å². The topological polar surface area (TPSA) is 67.9 Å². The number of hydrogen-bond acceptors (Lipinski definition) is 4. The summed E-state index contributed by atoms with van der Waals surface area (Å²) in [6.45, 7) is 1.72. The first-order valence-corrected chi connectivity index (χ1v) is 9.62. The van der Waals surface area contributed by atoms with Gasteiger partial charge in [0.15, 0.2) is 6.61 Å². The van der Waals surface area contributed by atoms with Crippen molar-refractivity contribution in [3.63, 3.8) is 0 Å². The van der Waals surface area contributed by atoms with Gasteiger partial charge in [-0.05, 0) is 18.2 Å². The van der Waals surface area contributed by atoms with E-state index < -0.39 is 5.91 Å². The number of anilines is 1. The Labute approximate surface area is 177 Å². The predicted molar refractivity (Wildman–Crippen MR) is 109 cm³/mol. The number of morpholine rings is 1. The molecule has 1 N–H and O–H groups in total. The monoisotopic (exact) mass is 442 g/mol. The second-order valence-corrected chi connectivity index (χ2v) is 7.21. The Morgan fingerprint density at radius 2 is 1.71 bits per heavy atom. The molecule has 148 valence electrons. The quantitative estimate of drug-likeness (QED) is 0.705. The molecular weight excluding hydrogens is 427 g/mol. The van der Waals surface area contributed by atoms with E-state index in [-0.39, 0.29) is 28.3 Å². The number of benzene rings is 2. The average molecular weight is 444 g/mol. The lowest BCUT2D eigenvalue weighted by atomic mass is 10.1. The molecule has 0 aromatic heterocycles. The Morgan fingerprint density at radius 1 is 1.04 bits per heavy atom. The lowest BCUT2D eigenvalue weighted by Gasteiger charge is -2.27. The fourth-order valence-electron chi connectivity index (χ4n) is 2.66. The molecule has 9 heteroatoms. The van der Waals surface area contributed by atoms with E-state index in [2.05, 4.69) is 5.32 Å². The van der Waals surface area contributed by atoms with Gasteiger partial charge in [0.25, 0.3) is 11.8 Å². The van der Waals surface area contributed by atoms with Gasteiger partial charge in [0.1, 0.15) is 5.75 Å². The van der Waals surface area contributed by atoms with Gasteiger partial charge in [0, 0.05) is 19.2 Å². The summed E-state index contributed by atoms with van der Waals surface area (Å²) in [5.41, 5.74) is 0.818. The number of para-hydroxylation sites is 1. The van der Waals surface area contributed by atoms with Crippen LogP contribution in [0, 0.1) is 0 Å². The van der Waals surface area contributed by atoms with Crippen molar-refractivity contribution in [2.45, 2.75) is 0 Å². The summed E-state index contributed by atoms with van der Waals surface area (Å²) in [6, 6.07) is 9.70. The molecular formula is C19H17Cl3N2O4. The Bertz CT molecular complexity index is 885. The minimum Gasteiger partial charge on any atom is -0.482 e. The molecule has 1 saturated heterocycles. The van der Waals surface area contributed by atoms with Gasteiger partial charge in [0.2, 0.25) is 0 Å². The highest BCUT2D eigenvalue weighted by Crippen LogP contribution is 2.33. The van der Waals surface area contributed by atoms with Gasteiger partial charge in [-0.15, -0.1) is 0 Å². The first kappa shape index (κ1) is 20.7. The second-order valence-electron chi connectivity index (χ2n) is 5.98. The van der Waals surface area contributed by atoms with Gasteiger partial charge >= 0.3 is 0 Å². The summed E-state index contributed by atoms with van der Waals surface area (Å²) in [5, 5.41) is 3.50. The third kappa shape index (κ3) is 5.08. The van der Waals surface area contributed by atoms with Crippen LogP contribution in [-0.2, 0) is 9.53 Å². The third-order valence-corrected chi connectivity index (χ3v) is 5.08. The zero-order valence-electron chi connectivity index (χ0n) is 14.7. The highest BCUT2D eigenvalue weighted by atomic mass is 35.5. The van der Waals surface area contributed by atoms with Crippen LogP contribution in [0.5, 0.6) is 5.75 Å². The lowest BCUT2D eigenvalue weighted by Crippen LogP contribution is -2.41. The van der Waals surface area contributed by atoms with Gasteiger partial charge in [-0.2, -0.15) is 0 Å². The Morgan fingerprint density at radius 3 is 2.46 bits per heavy atom. The van der Waals surface area contributed by atoms with E-state index in [0.717, 1.165) is 0 Å². The molecule has 0 aliphatic carbocycles. The first-order chi connectivity index (χ1) is 13.5. The zero-order chi connectivity index (χ0) is 20.1. The largest absolute Gasteiger partial charge is 0.482 e. The molecule has 0 unspecified atom stereocenters. The van der Waals surface area contributed by atoms with Crippen LogP contribution < -0.4 is 10.1 Å². The van der Waals surface area contributed by atoms with E-state index in [0.29, 0.717) is 42.6 Å². The fraction of sp³-hybridized carbons (Fsp3) is 0.263. The molecule has 6 nitrogen and oxygen atoms in total. The molecule has 0 bridgehead atoms. The third-order valence-electron chi connectivity index (χ3n) is 4.06. The summed E-state index contributed by atoms with van der Waals surface area (Å²) in [5.74, 6) is -0.360. The van der Waals surface area contributed by atoms with E-state index >= 15 is 0 Å². The van der Waals surface area contributed by atoms with Crippen LogP contribution in [-0.4, -0.2) is 49.6 Å². The number of nitrogens with zero attached hydrogens (tertiary/aromatic N) is 1. The molecule has 0 atom stereocenters. The van der Waals surface area contributed by atoms with Crippen molar-refractivity contribution in [2.24, 2.45) is 0 Å². The number of rotatable bonds is 5. The van der Waals surface area contributed by atoms with E-state index in [1.807, 2.05) is 0 Å². The first-order valence-electron chi connectivity index (χ1n) is 8.49. The van der Waals surface area contributed by atoms with Crippen LogP contribution in [0.1, 0.15) is 10.4 Å². The smallest absolute Gasteiger partial charge is 0.262 e. The molecule has 0 spiro atoms. The van der Waals surface area contributed by atoms with Crippen molar-refractivity contribution in [1.82, 2.24) is 4.90 Å². The summed E-state index contributed by atoms with van der Waals surface area (Å²) >= 11 is 17.8. The number of carbonyl (C=O) groups is 2. The number of carbonyl (C=O) groups excluding carboxylic acids is 2. The van der Waals surface area contributed by atoms with Gasteiger partial charge < -0.3 is 19.7 Å². The van der Waals surface area contributed by atoms with Crippen LogP contribution in [0.2, 0.25) is 15.1 Å². The van der Waals surface area contributed by atoms with Crippen LogP contribution in [0.3, 0.4) is 0 Å². The Kier molecular flexibility index (Phi) is 7.02. The van der Waals surface area contributed by atoms with Crippen molar-refractivity contribution >= 4 is 52.3 Å². The van der Waals surface area contributed by atoms with Crippen molar-refractivity contribution in [2.75, 3.05) is 38.2 Å². The minimum absolute atomic E-state index is 0.160. The minimum atomic E-state index is -0.440. The number of halogens is 3. The van der Waals surface area contributed by atoms with E-state index in [9.17, 15) is 9.59 Å². The molecule has 0 saturated carbocycles. The molecule has 1 fully saturated rings. The van der Waals surface area contributed by atoms with Crippen LogP contribution in [0.4, 0.5) is 5.69 Å². The zero-order valence-corrected chi connectivity index (χ0v) is 17.0. The lowest BCUT2D eigenvalue weighted by molar-refractivity contribution is -0.118. The van der Waals surface area contributed by atoms with Crippen LogP contribution in [0.15, 0.2) is 36.4 Å². The second kappa shape index (κ2) is 9.47. The van der Waals surface area contributed by atoms with Crippen LogP contribution in [0.25, 0.3) is 0 Å². The molecule has 2 aromatic rings. The highest BCUT2D eigenvalue weighted by molar-refractivity contribution is 6.43. The normalized spacial score (nSPS) is 13.9. The number of amides is 2. The number of nitrogens with one attached hydrogen (secondary N) is 1. The molecule has 2 aromatic carbocycles. The van der Waals surface area contributed by atoms with Gasteiger partial charge in [-0.25, -0.2) is 0 Å². The summed E-state index contributed by atoms with van der Waals surface area (Å²) in [6.07, 6.45) is 0. The molecule has 3 rings (SSSR count). The maximum absolute atomic E-state index is 12.7. The van der Waals surface area contributed by atoms with Crippen molar-refractivity contribution < 1.29 is 19.1 Å². The van der Waals surface area contributed by atoms with Crippen molar-refractivity contribution in [3.05, 3.63) is 57.0 Å². The highest BCUT2D eigenvalue weighted by Gasteiger charge is 2.21. The fourth-order valence-corrected chi connectivity index (χ4v) is 3.25. The van der Waals surface area contributed by atoms with Gasteiger partial charge in [-0.3, -0.25) is 9.59 Å². The number of ether oxygens (including phenoxy) is 2. The van der Waals surface area contributed by atoms with E-state index in [1.165, 1.54) is 12.1 Å². The molecule has 2 amide bonds. The van der Waals surface area contributed by atoms with Crippen molar-refractivity contribution in [3.8, 4) is 5.75 Å². The summed E-state index contributed by atoms with van der Waals surface area (Å²) in [7, 11) is 0.